The quantitative estimate of drug-likeness (QED) is 0.811. The number of ketones is 1. The van der Waals surface area contributed by atoms with Gasteiger partial charge in [0.15, 0.2) is 0 Å². The van der Waals surface area contributed by atoms with Crippen molar-refractivity contribution in [3.8, 4) is 0 Å². The van der Waals surface area contributed by atoms with Gasteiger partial charge in [-0.3, -0.25) is 14.5 Å². The molecule has 21 heavy (non-hydrogen) atoms. The lowest BCUT2D eigenvalue weighted by molar-refractivity contribution is -0.114. The van der Waals surface area contributed by atoms with Crippen molar-refractivity contribution in [2.45, 2.75) is 26.3 Å². The van der Waals surface area contributed by atoms with E-state index >= 15 is 0 Å². The highest BCUT2D eigenvalue weighted by Crippen LogP contribution is 2.36. The normalized spacial score (nSPS) is 14.2. The van der Waals surface area contributed by atoms with E-state index in [4.69, 9.17) is 11.6 Å². The number of amides is 1. The van der Waals surface area contributed by atoms with Gasteiger partial charge in [0.05, 0.1) is 33.5 Å². The Bertz CT molecular complexity index is 739. The Morgan fingerprint density at radius 3 is 2.76 bits per heavy atom. The van der Waals surface area contributed by atoms with Crippen molar-refractivity contribution >= 4 is 40.3 Å². The lowest BCUT2D eigenvalue weighted by Crippen LogP contribution is -2.29. The maximum Gasteiger partial charge on any atom is 0.299 e. The summed E-state index contributed by atoms with van der Waals surface area (Å²) in [5, 5.41) is 3.34. The van der Waals surface area contributed by atoms with Crippen LogP contribution in [0.4, 0.5) is 5.69 Å². The molecule has 2 heterocycles. The van der Waals surface area contributed by atoms with Crippen molar-refractivity contribution in [1.29, 1.82) is 0 Å². The highest BCUT2D eigenvalue weighted by molar-refractivity contribution is 7.09. The summed E-state index contributed by atoms with van der Waals surface area (Å²) in [6.07, 6.45) is 0. The first-order valence-corrected chi connectivity index (χ1v) is 7.83. The molecule has 3 rings (SSSR count). The van der Waals surface area contributed by atoms with Crippen molar-refractivity contribution in [3.05, 3.63) is 44.9 Å². The number of anilines is 1. The number of nitrogens with zero attached hydrogens (tertiary/aromatic N) is 2. The molecule has 1 aromatic carbocycles. The van der Waals surface area contributed by atoms with Gasteiger partial charge in [-0.05, 0) is 12.1 Å². The Morgan fingerprint density at radius 2 is 2.10 bits per heavy atom. The SMILES string of the molecule is CC(C)c1nc(CN2C(=O)C(=O)c3cccc(Cl)c32)cs1. The first-order chi connectivity index (χ1) is 9.99. The Balaban J connectivity index is 1.96. The van der Waals surface area contributed by atoms with Gasteiger partial charge >= 0.3 is 0 Å². The fraction of sp³-hybridized carbons (Fsp3) is 0.267. The highest BCUT2D eigenvalue weighted by atomic mass is 35.5. The van der Waals surface area contributed by atoms with Gasteiger partial charge in [0.1, 0.15) is 0 Å². The van der Waals surface area contributed by atoms with Crippen LogP contribution < -0.4 is 4.90 Å². The van der Waals surface area contributed by atoms with Gasteiger partial charge in [-0.15, -0.1) is 11.3 Å². The molecule has 1 aromatic heterocycles. The standard InChI is InChI=1S/C15H13ClN2O2S/c1-8(2)14-17-9(7-21-14)6-18-12-10(13(19)15(18)20)4-3-5-11(12)16/h3-5,7-8H,6H2,1-2H3. The van der Waals surface area contributed by atoms with E-state index in [1.165, 1.54) is 4.90 Å². The molecule has 1 amide bonds. The van der Waals surface area contributed by atoms with Crippen molar-refractivity contribution in [1.82, 2.24) is 4.98 Å². The van der Waals surface area contributed by atoms with E-state index in [2.05, 4.69) is 18.8 Å². The lowest BCUT2D eigenvalue weighted by Gasteiger charge is -2.16. The second-order valence-electron chi connectivity index (χ2n) is 5.19. The molecule has 0 fully saturated rings. The second kappa shape index (κ2) is 5.24. The number of thiazole rings is 1. The molecular weight excluding hydrogens is 308 g/mol. The Kier molecular flexibility index (Phi) is 3.55. The molecule has 0 saturated carbocycles. The highest BCUT2D eigenvalue weighted by Gasteiger charge is 2.37. The summed E-state index contributed by atoms with van der Waals surface area (Å²) in [7, 11) is 0. The maximum atomic E-state index is 12.2. The van der Waals surface area contributed by atoms with Crippen LogP contribution >= 0.6 is 22.9 Å². The van der Waals surface area contributed by atoms with Crippen LogP contribution in [0.25, 0.3) is 0 Å². The minimum atomic E-state index is -0.544. The van der Waals surface area contributed by atoms with E-state index in [1.54, 1.807) is 29.5 Å². The van der Waals surface area contributed by atoms with Gasteiger partial charge in [-0.2, -0.15) is 0 Å². The number of para-hydroxylation sites is 1. The third-order valence-electron chi connectivity index (χ3n) is 3.32. The van der Waals surface area contributed by atoms with Crippen LogP contribution in [0.5, 0.6) is 0 Å². The van der Waals surface area contributed by atoms with Gasteiger partial charge in [0.2, 0.25) is 0 Å². The third-order valence-corrected chi connectivity index (χ3v) is 4.82. The molecule has 0 radical (unpaired) electrons. The molecule has 0 spiro atoms. The molecule has 0 aliphatic carbocycles. The summed E-state index contributed by atoms with van der Waals surface area (Å²) in [6, 6.07) is 4.98. The number of hydrogen-bond acceptors (Lipinski definition) is 4. The van der Waals surface area contributed by atoms with Crippen LogP contribution in [0.1, 0.15) is 40.8 Å². The van der Waals surface area contributed by atoms with E-state index in [0.717, 1.165) is 10.7 Å². The fourth-order valence-corrected chi connectivity index (χ4v) is 3.39. The number of fused-ring (bicyclic) bond motifs is 1. The molecule has 0 atom stereocenters. The number of Topliss-reactive ketones (excluding diaryl/α,β-unsaturated/α-hetero) is 1. The fourth-order valence-electron chi connectivity index (χ4n) is 2.29. The zero-order valence-electron chi connectivity index (χ0n) is 11.6. The minimum Gasteiger partial charge on any atom is -0.297 e. The van der Waals surface area contributed by atoms with Gasteiger partial charge < -0.3 is 0 Å². The molecule has 0 bridgehead atoms. The van der Waals surface area contributed by atoms with E-state index in [-0.39, 0.29) is 6.54 Å². The van der Waals surface area contributed by atoms with Gasteiger partial charge in [0, 0.05) is 11.3 Å². The first kappa shape index (κ1) is 14.2. The molecule has 0 N–H and O–H groups in total. The number of carbonyl (C=O) groups excluding carboxylic acids is 2. The maximum absolute atomic E-state index is 12.2. The van der Waals surface area contributed by atoms with Crippen molar-refractivity contribution in [2.24, 2.45) is 0 Å². The molecule has 0 saturated heterocycles. The van der Waals surface area contributed by atoms with Crippen LogP contribution in [0.3, 0.4) is 0 Å². The Morgan fingerprint density at radius 1 is 1.33 bits per heavy atom. The van der Waals surface area contributed by atoms with Crippen molar-refractivity contribution in [2.75, 3.05) is 4.90 Å². The first-order valence-electron chi connectivity index (χ1n) is 6.58. The Labute approximate surface area is 131 Å². The van der Waals surface area contributed by atoms with E-state index in [1.807, 2.05) is 5.38 Å². The summed E-state index contributed by atoms with van der Waals surface area (Å²) in [6.45, 7) is 4.41. The molecule has 108 valence electrons. The number of carbonyl (C=O) groups is 2. The van der Waals surface area contributed by atoms with Crippen LogP contribution in [-0.4, -0.2) is 16.7 Å². The minimum absolute atomic E-state index is 0.268. The van der Waals surface area contributed by atoms with E-state index in [0.29, 0.717) is 22.2 Å². The lowest BCUT2D eigenvalue weighted by atomic mass is 10.1. The van der Waals surface area contributed by atoms with E-state index < -0.39 is 11.7 Å². The summed E-state index contributed by atoms with van der Waals surface area (Å²) in [4.78, 5) is 30.1. The van der Waals surface area contributed by atoms with Crippen LogP contribution in [0.2, 0.25) is 5.02 Å². The molecule has 1 aliphatic heterocycles. The van der Waals surface area contributed by atoms with Gasteiger partial charge in [-0.25, -0.2) is 4.98 Å². The van der Waals surface area contributed by atoms with Crippen molar-refractivity contribution < 1.29 is 9.59 Å². The number of benzene rings is 1. The molecule has 0 unspecified atom stereocenters. The number of hydrogen-bond donors (Lipinski definition) is 0. The number of rotatable bonds is 3. The predicted octanol–water partition coefficient (Wildman–Crippen LogP) is 3.65. The van der Waals surface area contributed by atoms with Crippen molar-refractivity contribution in [3.63, 3.8) is 0 Å². The summed E-state index contributed by atoms with van der Waals surface area (Å²) < 4.78 is 0. The number of aromatic nitrogens is 1. The summed E-state index contributed by atoms with van der Waals surface area (Å²) in [5.74, 6) is -0.709. The Hall–Kier alpha value is -1.72. The average molecular weight is 321 g/mol. The monoisotopic (exact) mass is 320 g/mol. The van der Waals surface area contributed by atoms with Crippen LogP contribution in [-0.2, 0) is 11.3 Å². The third kappa shape index (κ3) is 2.36. The molecular formula is C15H13ClN2O2S. The molecule has 6 heteroatoms. The average Bonchev–Trinajstić information content (AvgIpc) is 3.00. The van der Waals surface area contributed by atoms with Gasteiger partial charge in [-0.1, -0.05) is 31.5 Å². The zero-order valence-corrected chi connectivity index (χ0v) is 13.2. The predicted molar refractivity (Wildman–Crippen MR) is 83.2 cm³/mol. The second-order valence-corrected chi connectivity index (χ2v) is 6.49. The largest absolute Gasteiger partial charge is 0.299 e. The zero-order chi connectivity index (χ0) is 15.1. The smallest absolute Gasteiger partial charge is 0.297 e. The summed E-state index contributed by atoms with van der Waals surface area (Å²) >= 11 is 7.71. The molecule has 2 aromatic rings. The van der Waals surface area contributed by atoms with Crippen LogP contribution in [0.15, 0.2) is 23.6 Å². The molecule has 1 aliphatic rings. The van der Waals surface area contributed by atoms with Crippen LogP contribution in [0, 0.1) is 0 Å². The van der Waals surface area contributed by atoms with E-state index in [9.17, 15) is 9.59 Å². The number of halogens is 1. The topological polar surface area (TPSA) is 50.3 Å². The molecule has 4 nitrogen and oxygen atoms in total. The van der Waals surface area contributed by atoms with Gasteiger partial charge in [0.25, 0.3) is 11.7 Å². The summed E-state index contributed by atoms with van der Waals surface area (Å²) in [5.41, 5.74) is 1.64.